The van der Waals surface area contributed by atoms with Crippen LogP contribution in [0.5, 0.6) is 5.75 Å². The van der Waals surface area contributed by atoms with E-state index in [1.807, 2.05) is 48.5 Å². The summed E-state index contributed by atoms with van der Waals surface area (Å²) < 4.78 is 0. The SMILES string of the molecule is C[C@@H]1CCN(CCC(=O)N(CC2CC2)[C@@H](Cc2ccccc2)C(=O)O)C(c2cccc(O)c2)[C@@H]1C. The molecule has 188 valence electrons. The fourth-order valence-electron chi connectivity index (χ4n) is 5.42. The Hall–Kier alpha value is -2.86. The van der Waals surface area contributed by atoms with Gasteiger partial charge in [0.2, 0.25) is 5.91 Å². The summed E-state index contributed by atoms with van der Waals surface area (Å²) in [5.41, 5.74) is 2.00. The van der Waals surface area contributed by atoms with Gasteiger partial charge in [-0.05, 0) is 66.8 Å². The van der Waals surface area contributed by atoms with Gasteiger partial charge in [-0.3, -0.25) is 9.69 Å². The number of carbonyl (C=O) groups excluding carboxylic acids is 1. The quantitative estimate of drug-likeness (QED) is 0.516. The molecule has 1 aliphatic heterocycles. The summed E-state index contributed by atoms with van der Waals surface area (Å²) in [7, 11) is 0. The van der Waals surface area contributed by atoms with Crippen molar-refractivity contribution in [1.29, 1.82) is 0 Å². The van der Waals surface area contributed by atoms with Gasteiger partial charge in [0.15, 0.2) is 0 Å². The number of carbonyl (C=O) groups is 2. The maximum atomic E-state index is 13.5. The Bertz CT molecular complexity index is 1010. The van der Waals surface area contributed by atoms with E-state index in [4.69, 9.17) is 0 Å². The number of carboxylic acid groups (broad SMARTS) is 1. The molecule has 2 aliphatic rings. The molecule has 35 heavy (non-hydrogen) atoms. The zero-order valence-electron chi connectivity index (χ0n) is 20.8. The van der Waals surface area contributed by atoms with Crippen molar-refractivity contribution in [3.8, 4) is 5.75 Å². The van der Waals surface area contributed by atoms with Crippen LogP contribution in [0.2, 0.25) is 0 Å². The van der Waals surface area contributed by atoms with Crippen molar-refractivity contribution in [2.75, 3.05) is 19.6 Å². The van der Waals surface area contributed by atoms with E-state index in [9.17, 15) is 19.8 Å². The number of amides is 1. The first-order chi connectivity index (χ1) is 16.8. The number of nitrogens with zero attached hydrogens (tertiary/aromatic N) is 2. The maximum absolute atomic E-state index is 13.5. The van der Waals surface area contributed by atoms with Crippen molar-refractivity contribution in [3.63, 3.8) is 0 Å². The molecule has 1 heterocycles. The minimum atomic E-state index is -0.944. The lowest BCUT2D eigenvalue weighted by Gasteiger charge is -2.44. The molecule has 2 aromatic rings. The first-order valence-corrected chi connectivity index (χ1v) is 12.9. The lowest BCUT2D eigenvalue weighted by atomic mass is 9.79. The highest BCUT2D eigenvalue weighted by Crippen LogP contribution is 2.40. The van der Waals surface area contributed by atoms with Gasteiger partial charge >= 0.3 is 5.97 Å². The van der Waals surface area contributed by atoms with Gasteiger partial charge in [0.05, 0.1) is 0 Å². The standard InChI is InChI=1S/C29H38N2O4/c1-20-13-15-30(28(21(20)2)24-9-6-10-25(32)18-24)16-14-27(33)31(19-23-11-12-23)26(29(34)35)17-22-7-4-3-5-8-22/h3-10,18,20-21,23,26,28,32H,11-17,19H2,1-2H3,(H,34,35)/t20-,21-,26+,28?/m1/s1. The Labute approximate surface area is 208 Å². The number of aromatic hydroxyl groups is 1. The molecule has 2 fully saturated rings. The Morgan fingerprint density at radius 3 is 2.46 bits per heavy atom. The summed E-state index contributed by atoms with van der Waals surface area (Å²) in [4.78, 5) is 29.8. The molecule has 2 aromatic carbocycles. The predicted octanol–water partition coefficient (Wildman–Crippen LogP) is 4.74. The van der Waals surface area contributed by atoms with Gasteiger partial charge in [0.1, 0.15) is 11.8 Å². The van der Waals surface area contributed by atoms with E-state index in [1.54, 1.807) is 11.0 Å². The molecule has 4 atom stereocenters. The molecule has 6 heteroatoms. The van der Waals surface area contributed by atoms with Gasteiger partial charge in [0, 0.05) is 32.0 Å². The van der Waals surface area contributed by atoms with Crippen LogP contribution in [0.15, 0.2) is 54.6 Å². The highest BCUT2D eigenvalue weighted by atomic mass is 16.4. The zero-order valence-corrected chi connectivity index (χ0v) is 20.8. The largest absolute Gasteiger partial charge is 0.508 e. The molecule has 1 amide bonds. The van der Waals surface area contributed by atoms with Crippen LogP contribution in [0.1, 0.15) is 56.7 Å². The van der Waals surface area contributed by atoms with E-state index < -0.39 is 12.0 Å². The molecule has 0 bridgehead atoms. The average Bonchev–Trinajstić information content (AvgIpc) is 3.66. The number of hydrogen-bond acceptors (Lipinski definition) is 4. The van der Waals surface area contributed by atoms with Crippen LogP contribution < -0.4 is 0 Å². The summed E-state index contributed by atoms with van der Waals surface area (Å²) in [6.45, 7) is 6.49. The molecule has 1 saturated heterocycles. The Balaban J connectivity index is 1.49. The Morgan fingerprint density at radius 2 is 1.80 bits per heavy atom. The van der Waals surface area contributed by atoms with E-state index in [2.05, 4.69) is 18.7 Å². The number of hydrogen-bond donors (Lipinski definition) is 2. The first kappa shape index (κ1) is 25.2. The molecule has 0 radical (unpaired) electrons. The molecule has 4 rings (SSSR count). The number of phenolic OH excluding ortho intramolecular Hbond substituents is 1. The summed E-state index contributed by atoms with van der Waals surface area (Å²) in [6.07, 6.45) is 3.79. The third-order valence-electron chi connectivity index (χ3n) is 7.89. The van der Waals surface area contributed by atoms with Gasteiger partial charge in [0.25, 0.3) is 0 Å². The Kier molecular flexibility index (Phi) is 8.11. The topological polar surface area (TPSA) is 81.1 Å². The molecule has 1 aliphatic carbocycles. The first-order valence-electron chi connectivity index (χ1n) is 12.9. The molecule has 6 nitrogen and oxygen atoms in total. The zero-order chi connectivity index (χ0) is 24.9. The van der Waals surface area contributed by atoms with Crippen LogP contribution in [0.25, 0.3) is 0 Å². The van der Waals surface area contributed by atoms with Gasteiger partial charge in [-0.25, -0.2) is 4.79 Å². The van der Waals surface area contributed by atoms with Crippen LogP contribution in [0.4, 0.5) is 0 Å². The number of benzene rings is 2. The smallest absolute Gasteiger partial charge is 0.326 e. The third-order valence-corrected chi connectivity index (χ3v) is 7.89. The molecule has 2 N–H and O–H groups in total. The highest BCUT2D eigenvalue weighted by molar-refractivity contribution is 5.84. The third kappa shape index (κ3) is 6.43. The summed E-state index contributed by atoms with van der Waals surface area (Å²) in [5, 5.41) is 20.1. The van der Waals surface area contributed by atoms with Crippen molar-refractivity contribution in [1.82, 2.24) is 9.80 Å². The van der Waals surface area contributed by atoms with E-state index in [-0.39, 0.29) is 17.7 Å². The van der Waals surface area contributed by atoms with Crippen LogP contribution in [0.3, 0.4) is 0 Å². The van der Waals surface area contributed by atoms with Crippen molar-refractivity contribution in [2.24, 2.45) is 17.8 Å². The minimum absolute atomic E-state index is 0.0823. The fourth-order valence-corrected chi connectivity index (χ4v) is 5.42. The van der Waals surface area contributed by atoms with E-state index in [1.165, 1.54) is 0 Å². The van der Waals surface area contributed by atoms with Crippen LogP contribution in [-0.2, 0) is 16.0 Å². The molecule has 0 aromatic heterocycles. The fraction of sp³-hybridized carbons (Fsp3) is 0.517. The molecule has 1 saturated carbocycles. The number of piperidine rings is 1. The summed E-state index contributed by atoms with van der Waals surface area (Å²) in [6, 6.07) is 16.3. The second-order valence-electron chi connectivity index (χ2n) is 10.5. The normalized spacial score (nSPS) is 23.5. The van der Waals surface area contributed by atoms with Crippen LogP contribution >= 0.6 is 0 Å². The number of carboxylic acids is 1. The van der Waals surface area contributed by atoms with E-state index in [0.717, 1.165) is 36.9 Å². The van der Waals surface area contributed by atoms with Crippen LogP contribution in [-0.4, -0.2) is 57.6 Å². The number of phenols is 1. The number of rotatable bonds is 10. The van der Waals surface area contributed by atoms with Crippen LogP contribution in [0, 0.1) is 17.8 Å². The van der Waals surface area contributed by atoms with E-state index >= 15 is 0 Å². The molecular weight excluding hydrogens is 440 g/mol. The molecule has 0 spiro atoms. The maximum Gasteiger partial charge on any atom is 0.326 e. The van der Waals surface area contributed by atoms with E-state index in [0.29, 0.717) is 43.7 Å². The Morgan fingerprint density at radius 1 is 1.06 bits per heavy atom. The highest BCUT2D eigenvalue weighted by Gasteiger charge is 2.37. The predicted molar refractivity (Wildman–Crippen MR) is 136 cm³/mol. The van der Waals surface area contributed by atoms with Crippen molar-refractivity contribution >= 4 is 11.9 Å². The van der Waals surface area contributed by atoms with Crippen molar-refractivity contribution in [3.05, 3.63) is 65.7 Å². The van der Waals surface area contributed by atoms with Crippen molar-refractivity contribution in [2.45, 2.75) is 58.0 Å². The van der Waals surface area contributed by atoms with Gasteiger partial charge in [-0.2, -0.15) is 0 Å². The number of aliphatic carboxylic acids is 1. The van der Waals surface area contributed by atoms with Gasteiger partial charge < -0.3 is 15.1 Å². The monoisotopic (exact) mass is 478 g/mol. The van der Waals surface area contributed by atoms with Crippen molar-refractivity contribution < 1.29 is 19.8 Å². The molecule has 1 unspecified atom stereocenters. The average molecular weight is 479 g/mol. The second-order valence-corrected chi connectivity index (χ2v) is 10.5. The van der Waals surface area contributed by atoms with Gasteiger partial charge in [-0.15, -0.1) is 0 Å². The lowest BCUT2D eigenvalue weighted by Crippen LogP contribution is -2.49. The molecular formula is C29H38N2O4. The summed E-state index contributed by atoms with van der Waals surface area (Å²) in [5.74, 6) is 0.565. The lowest BCUT2D eigenvalue weighted by molar-refractivity contribution is -0.150. The number of likely N-dealkylation sites (tertiary alicyclic amines) is 1. The second kappa shape index (κ2) is 11.3. The minimum Gasteiger partial charge on any atom is -0.508 e. The summed E-state index contributed by atoms with van der Waals surface area (Å²) >= 11 is 0. The van der Waals surface area contributed by atoms with Gasteiger partial charge in [-0.1, -0.05) is 56.3 Å².